The van der Waals surface area contributed by atoms with Gasteiger partial charge in [-0.15, -0.1) is 10.2 Å². The molecule has 80 valence electrons. The van der Waals surface area contributed by atoms with Gasteiger partial charge < -0.3 is 9.88 Å². The summed E-state index contributed by atoms with van der Waals surface area (Å²) in [4.78, 5) is 0. The first-order valence-corrected chi connectivity index (χ1v) is 6.19. The van der Waals surface area contributed by atoms with Crippen molar-refractivity contribution in [2.45, 2.75) is 26.9 Å². The van der Waals surface area contributed by atoms with E-state index in [1.165, 1.54) is 5.75 Å². The molecule has 0 amide bonds. The molecule has 1 heterocycles. The molecule has 1 aromatic heterocycles. The zero-order valence-electron chi connectivity index (χ0n) is 8.86. The molecule has 1 rings (SSSR count). The maximum atomic E-state index is 4.05. The van der Waals surface area contributed by atoms with Crippen molar-refractivity contribution in [2.75, 3.05) is 18.1 Å². The van der Waals surface area contributed by atoms with Gasteiger partial charge in [-0.25, -0.2) is 0 Å². The first kappa shape index (κ1) is 11.5. The second-order valence-electron chi connectivity index (χ2n) is 2.91. The van der Waals surface area contributed by atoms with Crippen LogP contribution < -0.4 is 5.32 Å². The van der Waals surface area contributed by atoms with Crippen LogP contribution in [0.4, 0.5) is 0 Å². The Labute approximate surface area is 89.5 Å². The summed E-state index contributed by atoms with van der Waals surface area (Å²) in [6.07, 6.45) is 1.78. The van der Waals surface area contributed by atoms with E-state index in [0.29, 0.717) is 0 Å². The van der Waals surface area contributed by atoms with Gasteiger partial charge in [0.1, 0.15) is 12.2 Å². The largest absolute Gasteiger partial charge is 0.317 e. The van der Waals surface area contributed by atoms with Gasteiger partial charge in [-0.05, 0) is 12.7 Å². The highest BCUT2D eigenvalue weighted by Crippen LogP contribution is 1.97. The van der Waals surface area contributed by atoms with E-state index >= 15 is 0 Å². The SMILES string of the molecule is CCSCCNCc1nncn1CC. The van der Waals surface area contributed by atoms with Crippen LogP contribution in [0.15, 0.2) is 6.33 Å². The molecule has 0 radical (unpaired) electrons. The van der Waals surface area contributed by atoms with Gasteiger partial charge in [0.05, 0.1) is 6.54 Å². The lowest BCUT2D eigenvalue weighted by Gasteiger charge is -2.04. The standard InChI is InChI=1S/C9H18N4S/c1-3-13-8-11-12-9(13)7-10-5-6-14-4-2/h8,10H,3-7H2,1-2H3. The van der Waals surface area contributed by atoms with Crippen LogP contribution >= 0.6 is 11.8 Å². The summed E-state index contributed by atoms with van der Waals surface area (Å²) in [6, 6.07) is 0. The third kappa shape index (κ3) is 3.67. The van der Waals surface area contributed by atoms with Crippen molar-refractivity contribution in [2.24, 2.45) is 0 Å². The van der Waals surface area contributed by atoms with E-state index in [-0.39, 0.29) is 0 Å². The van der Waals surface area contributed by atoms with Crippen molar-refractivity contribution < 1.29 is 0 Å². The summed E-state index contributed by atoms with van der Waals surface area (Å²) in [5, 5.41) is 11.3. The quantitative estimate of drug-likeness (QED) is 0.691. The molecule has 0 aliphatic carbocycles. The Morgan fingerprint density at radius 3 is 3.07 bits per heavy atom. The van der Waals surface area contributed by atoms with Gasteiger partial charge >= 0.3 is 0 Å². The van der Waals surface area contributed by atoms with Gasteiger partial charge in [0.2, 0.25) is 0 Å². The van der Waals surface area contributed by atoms with Crippen molar-refractivity contribution in [3.8, 4) is 0 Å². The molecule has 0 spiro atoms. The highest BCUT2D eigenvalue weighted by molar-refractivity contribution is 7.99. The Kier molecular flexibility index (Phi) is 5.63. The van der Waals surface area contributed by atoms with Crippen LogP contribution in [-0.4, -0.2) is 32.8 Å². The summed E-state index contributed by atoms with van der Waals surface area (Å²) in [5.74, 6) is 3.37. The van der Waals surface area contributed by atoms with Gasteiger partial charge in [0, 0.05) is 18.8 Å². The van der Waals surface area contributed by atoms with Gasteiger partial charge in [-0.3, -0.25) is 0 Å². The molecule has 1 N–H and O–H groups in total. The van der Waals surface area contributed by atoms with E-state index in [4.69, 9.17) is 0 Å². The number of aryl methyl sites for hydroxylation is 1. The first-order valence-electron chi connectivity index (χ1n) is 5.03. The van der Waals surface area contributed by atoms with Crippen molar-refractivity contribution in [3.05, 3.63) is 12.2 Å². The van der Waals surface area contributed by atoms with Crippen molar-refractivity contribution in [3.63, 3.8) is 0 Å². The lowest BCUT2D eigenvalue weighted by Crippen LogP contribution is -2.19. The fraction of sp³-hybridized carbons (Fsp3) is 0.778. The molecule has 0 fully saturated rings. The Bertz CT molecular complexity index is 249. The average molecular weight is 214 g/mol. The smallest absolute Gasteiger partial charge is 0.146 e. The molecule has 4 nitrogen and oxygen atoms in total. The van der Waals surface area contributed by atoms with Gasteiger partial charge in [0.15, 0.2) is 0 Å². The Morgan fingerprint density at radius 1 is 1.50 bits per heavy atom. The van der Waals surface area contributed by atoms with Crippen molar-refractivity contribution in [1.82, 2.24) is 20.1 Å². The van der Waals surface area contributed by atoms with E-state index in [1.54, 1.807) is 6.33 Å². The predicted molar refractivity (Wildman–Crippen MR) is 60.4 cm³/mol. The number of rotatable bonds is 7. The number of thioether (sulfide) groups is 1. The molecule has 0 bridgehead atoms. The molecule has 0 aromatic carbocycles. The number of hydrogen-bond donors (Lipinski definition) is 1. The third-order valence-electron chi connectivity index (χ3n) is 1.95. The summed E-state index contributed by atoms with van der Waals surface area (Å²) in [7, 11) is 0. The van der Waals surface area contributed by atoms with Gasteiger partial charge in [-0.1, -0.05) is 6.92 Å². The van der Waals surface area contributed by atoms with Crippen LogP contribution in [0.1, 0.15) is 19.7 Å². The summed E-state index contributed by atoms with van der Waals surface area (Å²) in [5.41, 5.74) is 0. The lowest BCUT2D eigenvalue weighted by molar-refractivity contribution is 0.630. The maximum absolute atomic E-state index is 4.05. The molecule has 0 aliphatic heterocycles. The number of nitrogens with zero attached hydrogens (tertiary/aromatic N) is 3. The number of nitrogens with one attached hydrogen (secondary N) is 1. The van der Waals surface area contributed by atoms with E-state index in [9.17, 15) is 0 Å². The van der Waals surface area contributed by atoms with Gasteiger partial charge in [0.25, 0.3) is 0 Å². The minimum absolute atomic E-state index is 0.818. The monoisotopic (exact) mass is 214 g/mol. The lowest BCUT2D eigenvalue weighted by atomic mass is 10.5. The average Bonchev–Trinajstić information content (AvgIpc) is 2.65. The Hall–Kier alpha value is -0.550. The van der Waals surface area contributed by atoms with Crippen LogP contribution in [0.5, 0.6) is 0 Å². The fourth-order valence-electron chi connectivity index (χ4n) is 1.17. The molecule has 0 atom stereocenters. The fourth-order valence-corrected chi connectivity index (χ4v) is 1.75. The second kappa shape index (κ2) is 6.84. The Balaban J connectivity index is 2.17. The number of hydrogen-bond acceptors (Lipinski definition) is 4. The molecule has 0 saturated carbocycles. The molecule has 0 unspecified atom stereocenters. The van der Waals surface area contributed by atoms with Crippen molar-refractivity contribution >= 4 is 11.8 Å². The molecule has 14 heavy (non-hydrogen) atoms. The number of aromatic nitrogens is 3. The zero-order valence-corrected chi connectivity index (χ0v) is 9.68. The topological polar surface area (TPSA) is 42.7 Å². The molecule has 0 saturated heterocycles. The molecule has 5 heteroatoms. The molecular formula is C9H18N4S. The normalized spacial score (nSPS) is 10.7. The minimum Gasteiger partial charge on any atom is -0.317 e. The highest BCUT2D eigenvalue weighted by atomic mass is 32.2. The van der Waals surface area contributed by atoms with Crippen molar-refractivity contribution in [1.29, 1.82) is 0 Å². The molecule has 0 aliphatic rings. The van der Waals surface area contributed by atoms with E-state index in [2.05, 4.69) is 33.9 Å². The van der Waals surface area contributed by atoms with E-state index < -0.39 is 0 Å². The van der Waals surface area contributed by atoms with Crippen LogP contribution in [0, 0.1) is 0 Å². The first-order chi connectivity index (χ1) is 6.88. The van der Waals surface area contributed by atoms with E-state index in [0.717, 1.165) is 31.2 Å². The Morgan fingerprint density at radius 2 is 2.36 bits per heavy atom. The summed E-state index contributed by atoms with van der Waals surface area (Å²) < 4.78 is 2.06. The predicted octanol–water partition coefficient (Wildman–Crippen LogP) is 1.14. The highest BCUT2D eigenvalue weighted by Gasteiger charge is 2.00. The molecule has 1 aromatic rings. The minimum atomic E-state index is 0.818. The molecular weight excluding hydrogens is 196 g/mol. The van der Waals surface area contributed by atoms with Gasteiger partial charge in [-0.2, -0.15) is 11.8 Å². The van der Waals surface area contributed by atoms with Crippen LogP contribution in [0.25, 0.3) is 0 Å². The third-order valence-corrected chi connectivity index (χ3v) is 2.85. The van der Waals surface area contributed by atoms with E-state index in [1.807, 2.05) is 11.8 Å². The second-order valence-corrected chi connectivity index (χ2v) is 4.30. The maximum Gasteiger partial charge on any atom is 0.146 e. The van der Waals surface area contributed by atoms with Crippen LogP contribution in [-0.2, 0) is 13.1 Å². The van der Waals surface area contributed by atoms with Crippen LogP contribution in [0.3, 0.4) is 0 Å². The van der Waals surface area contributed by atoms with Crippen LogP contribution in [0.2, 0.25) is 0 Å². The summed E-state index contributed by atoms with van der Waals surface area (Å²) >= 11 is 1.95. The summed E-state index contributed by atoms with van der Waals surface area (Å²) in [6.45, 7) is 7.07. The zero-order chi connectivity index (χ0) is 10.2.